The Morgan fingerprint density at radius 3 is 2.39 bits per heavy atom. The molecule has 0 saturated heterocycles. The van der Waals surface area contributed by atoms with E-state index < -0.39 is 11.7 Å². The number of rotatable bonds is 3. The summed E-state index contributed by atoms with van der Waals surface area (Å²) in [4.78, 5) is 0. The number of halogens is 3. The number of nitrogens with two attached hydrogens (primary N) is 1. The molecule has 0 unspecified atom stereocenters. The molecule has 0 bridgehead atoms. The molecule has 0 radical (unpaired) electrons. The number of hydrogen-bond donors (Lipinski definition) is 2. The summed E-state index contributed by atoms with van der Waals surface area (Å²) in [7, 11) is 0. The zero-order chi connectivity index (χ0) is 13.2. The van der Waals surface area contributed by atoms with Gasteiger partial charge in [0, 0.05) is 17.7 Å². The van der Waals surface area contributed by atoms with Crippen molar-refractivity contribution in [3.8, 4) is 11.1 Å². The predicted octanol–water partition coefficient (Wildman–Crippen LogP) is 2.60. The highest BCUT2D eigenvalue weighted by Gasteiger charge is 2.30. The minimum atomic E-state index is -4.31. The van der Waals surface area contributed by atoms with Crippen molar-refractivity contribution >= 4 is 0 Å². The van der Waals surface area contributed by atoms with Crippen molar-refractivity contribution in [2.24, 2.45) is 5.73 Å². The maximum atomic E-state index is 12.4. The van der Waals surface area contributed by atoms with Crippen LogP contribution in [-0.2, 0) is 12.6 Å². The molecule has 1 aromatic heterocycles. The maximum absolute atomic E-state index is 12.4. The van der Waals surface area contributed by atoms with E-state index in [9.17, 15) is 13.2 Å². The van der Waals surface area contributed by atoms with Crippen molar-refractivity contribution in [1.82, 2.24) is 10.2 Å². The lowest BCUT2D eigenvalue weighted by Gasteiger charge is -2.07. The van der Waals surface area contributed by atoms with Crippen LogP contribution in [0.2, 0.25) is 0 Å². The zero-order valence-corrected chi connectivity index (χ0v) is 9.46. The van der Waals surface area contributed by atoms with E-state index in [-0.39, 0.29) is 0 Å². The molecule has 1 heterocycles. The first kappa shape index (κ1) is 12.6. The first-order chi connectivity index (χ1) is 8.52. The van der Waals surface area contributed by atoms with E-state index in [1.807, 2.05) is 0 Å². The smallest absolute Gasteiger partial charge is 0.330 e. The fourth-order valence-corrected chi connectivity index (χ4v) is 1.74. The first-order valence-corrected chi connectivity index (χ1v) is 5.42. The van der Waals surface area contributed by atoms with Crippen LogP contribution in [0, 0.1) is 0 Å². The topological polar surface area (TPSA) is 54.7 Å². The highest BCUT2D eigenvalue weighted by atomic mass is 19.4. The highest BCUT2D eigenvalue weighted by molar-refractivity contribution is 5.65. The molecule has 2 rings (SSSR count). The molecule has 0 atom stereocenters. The summed E-state index contributed by atoms with van der Waals surface area (Å²) in [6.45, 7) is 0.454. The van der Waals surface area contributed by atoms with Crippen molar-refractivity contribution in [2.45, 2.75) is 12.6 Å². The van der Waals surface area contributed by atoms with Crippen molar-refractivity contribution in [3.63, 3.8) is 0 Å². The van der Waals surface area contributed by atoms with Crippen molar-refractivity contribution in [1.29, 1.82) is 0 Å². The van der Waals surface area contributed by atoms with Gasteiger partial charge >= 0.3 is 6.18 Å². The van der Waals surface area contributed by atoms with Crippen LogP contribution < -0.4 is 5.73 Å². The van der Waals surface area contributed by atoms with Gasteiger partial charge in [0.05, 0.1) is 11.8 Å². The van der Waals surface area contributed by atoms with Crippen molar-refractivity contribution in [2.75, 3.05) is 6.54 Å². The molecule has 1 aromatic carbocycles. The van der Waals surface area contributed by atoms with E-state index in [1.165, 1.54) is 12.1 Å². The van der Waals surface area contributed by atoms with Gasteiger partial charge in [0.25, 0.3) is 0 Å². The van der Waals surface area contributed by atoms with Gasteiger partial charge in [-0.15, -0.1) is 0 Å². The molecule has 0 aliphatic rings. The fraction of sp³-hybridized carbons (Fsp3) is 0.250. The van der Waals surface area contributed by atoms with Crippen LogP contribution in [0.15, 0.2) is 30.5 Å². The van der Waals surface area contributed by atoms with Gasteiger partial charge in [-0.1, -0.05) is 12.1 Å². The van der Waals surface area contributed by atoms with Gasteiger partial charge in [-0.05, 0) is 24.2 Å². The molecular weight excluding hydrogens is 243 g/mol. The number of aromatic amines is 1. The van der Waals surface area contributed by atoms with E-state index in [2.05, 4.69) is 10.2 Å². The third-order valence-corrected chi connectivity index (χ3v) is 2.64. The molecule has 0 aliphatic heterocycles. The van der Waals surface area contributed by atoms with E-state index in [0.717, 1.165) is 23.4 Å². The second-order valence-electron chi connectivity index (χ2n) is 3.88. The Labute approximate surface area is 102 Å². The van der Waals surface area contributed by atoms with Crippen LogP contribution in [0.4, 0.5) is 13.2 Å². The Morgan fingerprint density at radius 1 is 1.17 bits per heavy atom. The second-order valence-corrected chi connectivity index (χ2v) is 3.88. The normalized spacial score (nSPS) is 11.8. The zero-order valence-electron chi connectivity index (χ0n) is 9.46. The van der Waals surface area contributed by atoms with Crippen LogP contribution in [0.25, 0.3) is 11.1 Å². The van der Waals surface area contributed by atoms with Gasteiger partial charge in [0.2, 0.25) is 0 Å². The second kappa shape index (κ2) is 4.81. The quantitative estimate of drug-likeness (QED) is 0.885. The minimum Gasteiger partial charge on any atom is -0.330 e. The van der Waals surface area contributed by atoms with Crippen LogP contribution in [0.5, 0.6) is 0 Å². The first-order valence-electron chi connectivity index (χ1n) is 5.42. The Kier molecular flexibility index (Phi) is 3.38. The van der Waals surface area contributed by atoms with E-state index in [1.54, 1.807) is 6.20 Å². The van der Waals surface area contributed by atoms with E-state index in [0.29, 0.717) is 18.5 Å². The van der Waals surface area contributed by atoms with Gasteiger partial charge in [-0.3, -0.25) is 5.10 Å². The van der Waals surface area contributed by atoms with Crippen LogP contribution in [-0.4, -0.2) is 16.7 Å². The Morgan fingerprint density at radius 2 is 1.83 bits per heavy atom. The molecule has 0 aliphatic carbocycles. The summed E-state index contributed by atoms with van der Waals surface area (Å²) in [5, 5.41) is 6.68. The molecule has 0 amide bonds. The van der Waals surface area contributed by atoms with Gasteiger partial charge in [-0.2, -0.15) is 18.3 Å². The standard InChI is InChI=1S/C12H12F3N3/c13-12(14,15)9-3-1-8(2-4-9)10-7-17-18-11(10)5-6-16/h1-4,7H,5-6,16H2,(H,17,18). The Balaban J connectivity index is 2.32. The minimum absolute atomic E-state index is 0.454. The molecule has 0 saturated carbocycles. The highest BCUT2D eigenvalue weighted by Crippen LogP contribution is 2.31. The van der Waals surface area contributed by atoms with Gasteiger partial charge in [0.15, 0.2) is 0 Å². The molecule has 6 heteroatoms. The Hall–Kier alpha value is -1.82. The van der Waals surface area contributed by atoms with Crippen molar-refractivity contribution < 1.29 is 13.2 Å². The molecule has 3 N–H and O–H groups in total. The largest absolute Gasteiger partial charge is 0.416 e. The average molecular weight is 255 g/mol. The van der Waals surface area contributed by atoms with E-state index in [4.69, 9.17) is 5.73 Å². The number of aromatic nitrogens is 2. The lowest BCUT2D eigenvalue weighted by atomic mass is 10.0. The molecule has 96 valence electrons. The summed E-state index contributed by atoms with van der Waals surface area (Å²) >= 11 is 0. The molecule has 2 aromatic rings. The predicted molar refractivity (Wildman–Crippen MR) is 61.8 cm³/mol. The van der Waals surface area contributed by atoms with Crippen LogP contribution >= 0.6 is 0 Å². The van der Waals surface area contributed by atoms with Gasteiger partial charge in [-0.25, -0.2) is 0 Å². The summed E-state index contributed by atoms with van der Waals surface area (Å²) in [6, 6.07) is 5.00. The third kappa shape index (κ3) is 2.53. The van der Waals surface area contributed by atoms with E-state index >= 15 is 0 Å². The molecular formula is C12H12F3N3. The number of H-pyrrole nitrogens is 1. The number of alkyl halides is 3. The van der Waals surface area contributed by atoms with Crippen LogP contribution in [0.1, 0.15) is 11.3 Å². The average Bonchev–Trinajstić information content (AvgIpc) is 2.77. The summed E-state index contributed by atoms with van der Waals surface area (Å²) in [5.41, 5.74) is 7.11. The number of nitrogens with zero attached hydrogens (tertiary/aromatic N) is 1. The lowest BCUT2D eigenvalue weighted by Crippen LogP contribution is -2.05. The fourth-order valence-electron chi connectivity index (χ4n) is 1.74. The monoisotopic (exact) mass is 255 g/mol. The maximum Gasteiger partial charge on any atom is 0.416 e. The molecule has 18 heavy (non-hydrogen) atoms. The SMILES string of the molecule is NCCc1[nH]ncc1-c1ccc(C(F)(F)F)cc1. The summed E-state index contributed by atoms with van der Waals surface area (Å²) in [5.74, 6) is 0. The lowest BCUT2D eigenvalue weighted by molar-refractivity contribution is -0.137. The summed E-state index contributed by atoms with van der Waals surface area (Å²) in [6.07, 6.45) is -2.11. The Bertz CT molecular complexity index is 514. The number of hydrogen-bond acceptors (Lipinski definition) is 2. The number of nitrogens with one attached hydrogen (secondary N) is 1. The van der Waals surface area contributed by atoms with Crippen molar-refractivity contribution in [3.05, 3.63) is 41.7 Å². The third-order valence-electron chi connectivity index (χ3n) is 2.64. The molecule has 0 spiro atoms. The number of benzene rings is 1. The molecule has 0 fully saturated rings. The summed E-state index contributed by atoms with van der Waals surface area (Å²) < 4.78 is 37.3. The molecule has 3 nitrogen and oxygen atoms in total. The van der Waals surface area contributed by atoms with Gasteiger partial charge < -0.3 is 5.73 Å². The van der Waals surface area contributed by atoms with Gasteiger partial charge in [0.1, 0.15) is 0 Å². The van der Waals surface area contributed by atoms with Crippen LogP contribution in [0.3, 0.4) is 0 Å².